The lowest BCUT2D eigenvalue weighted by Gasteiger charge is -2.14. The van der Waals surface area contributed by atoms with Gasteiger partial charge in [0.15, 0.2) is 15.8 Å². The van der Waals surface area contributed by atoms with Crippen molar-refractivity contribution in [2.45, 2.75) is 25.3 Å². The molecule has 1 aromatic heterocycles. The third-order valence-corrected chi connectivity index (χ3v) is 5.49. The van der Waals surface area contributed by atoms with Gasteiger partial charge in [-0.15, -0.1) is 24.0 Å². The quantitative estimate of drug-likeness (QED) is 0.192. The summed E-state index contributed by atoms with van der Waals surface area (Å²) in [6, 6.07) is 12.1. The number of aliphatic imine (C=N–C) groups is 1. The van der Waals surface area contributed by atoms with E-state index in [2.05, 4.69) is 25.2 Å². The molecule has 2 aromatic carbocycles. The highest BCUT2D eigenvalue weighted by Crippen LogP contribution is 2.14. The molecule has 0 saturated carbocycles. The molecule has 0 amide bonds. The van der Waals surface area contributed by atoms with E-state index in [1.165, 1.54) is 18.2 Å². The average molecular weight is 559 g/mol. The van der Waals surface area contributed by atoms with Gasteiger partial charge in [-0.1, -0.05) is 18.2 Å². The van der Waals surface area contributed by atoms with Crippen molar-refractivity contribution >= 4 is 50.8 Å². The second-order valence-electron chi connectivity index (χ2n) is 7.12. The van der Waals surface area contributed by atoms with E-state index in [0.29, 0.717) is 23.6 Å². The van der Waals surface area contributed by atoms with E-state index in [-0.39, 0.29) is 36.3 Å². The Bertz CT molecular complexity index is 1150. The molecule has 1 heterocycles. The fraction of sp³-hybridized carbons (Fsp3) is 0.333. The van der Waals surface area contributed by atoms with Crippen LogP contribution in [0.4, 0.5) is 4.39 Å². The predicted octanol–water partition coefficient (Wildman–Crippen LogP) is 3.09. The van der Waals surface area contributed by atoms with Crippen LogP contribution in [0.25, 0.3) is 11.0 Å². The zero-order valence-electron chi connectivity index (χ0n) is 17.5. The second-order valence-corrected chi connectivity index (χ2v) is 9.26. The number of nitrogens with zero attached hydrogens (tertiary/aromatic N) is 3. The smallest absolute Gasteiger partial charge is 0.191 e. The summed E-state index contributed by atoms with van der Waals surface area (Å²) in [6.45, 7) is 1.77. The lowest BCUT2D eigenvalue weighted by Crippen LogP contribution is -2.37. The average Bonchev–Trinajstić information content (AvgIpc) is 3.11. The Labute approximate surface area is 199 Å². The number of guanidine groups is 1. The largest absolute Gasteiger partial charge is 0.356 e. The zero-order valence-corrected chi connectivity index (χ0v) is 20.7. The fourth-order valence-corrected chi connectivity index (χ4v) is 4.07. The molecule has 168 valence electrons. The maximum Gasteiger partial charge on any atom is 0.191 e. The Morgan fingerprint density at radius 2 is 1.94 bits per heavy atom. The molecule has 0 bridgehead atoms. The molecule has 0 aliphatic rings. The summed E-state index contributed by atoms with van der Waals surface area (Å²) in [6.07, 6.45) is 3.86. The summed E-state index contributed by atoms with van der Waals surface area (Å²) in [4.78, 5) is 8.56. The molecular formula is C21H27FIN5O2S. The molecule has 0 aliphatic carbocycles. The van der Waals surface area contributed by atoms with E-state index in [1.54, 1.807) is 7.05 Å². The van der Waals surface area contributed by atoms with Crippen molar-refractivity contribution in [3.8, 4) is 0 Å². The van der Waals surface area contributed by atoms with E-state index >= 15 is 0 Å². The van der Waals surface area contributed by atoms with Crippen molar-refractivity contribution < 1.29 is 12.8 Å². The summed E-state index contributed by atoms with van der Waals surface area (Å²) < 4.78 is 39.0. The number of rotatable bonds is 8. The number of hydrogen-bond donors (Lipinski definition) is 2. The van der Waals surface area contributed by atoms with Crippen molar-refractivity contribution in [3.05, 3.63) is 65.7 Å². The maximum atomic E-state index is 13.6. The minimum absolute atomic E-state index is 0. The predicted molar refractivity (Wildman–Crippen MR) is 133 cm³/mol. The van der Waals surface area contributed by atoms with Gasteiger partial charge in [0.1, 0.15) is 5.82 Å². The molecule has 0 spiro atoms. The standard InChI is InChI=1S/C21H26FN5O2S.HI/c1-23-21(24-10-5-11-27-15-26-19-6-3-4-7-20(19)27)25-13-17-12-18(22)9-8-16(17)14-30(2,28)29;/h3-4,6-9,12,15H,5,10-11,13-14H2,1-2H3,(H2,23,24,25);1H. The van der Waals surface area contributed by atoms with Crippen LogP contribution in [0.3, 0.4) is 0 Å². The number of fused-ring (bicyclic) bond motifs is 1. The number of para-hydroxylation sites is 2. The lowest BCUT2D eigenvalue weighted by atomic mass is 10.1. The summed E-state index contributed by atoms with van der Waals surface area (Å²) in [7, 11) is -1.56. The van der Waals surface area contributed by atoms with Gasteiger partial charge >= 0.3 is 0 Å². The first-order valence-electron chi connectivity index (χ1n) is 9.65. The molecule has 2 N–H and O–H groups in total. The van der Waals surface area contributed by atoms with E-state index in [1.807, 2.05) is 30.6 Å². The summed E-state index contributed by atoms with van der Waals surface area (Å²) in [5.41, 5.74) is 3.24. The van der Waals surface area contributed by atoms with E-state index in [0.717, 1.165) is 30.3 Å². The highest BCUT2D eigenvalue weighted by atomic mass is 127. The number of sulfone groups is 1. The molecule has 31 heavy (non-hydrogen) atoms. The normalized spacial score (nSPS) is 11.9. The topological polar surface area (TPSA) is 88.4 Å². The van der Waals surface area contributed by atoms with Crippen LogP contribution in [0.1, 0.15) is 17.5 Å². The van der Waals surface area contributed by atoms with Gasteiger partial charge in [-0.2, -0.15) is 0 Å². The molecular weight excluding hydrogens is 532 g/mol. The second kappa shape index (κ2) is 11.4. The van der Waals surface area contributed by atoms with Crippen LogP contribution >= 0.6 is 24.0 Å². The van der Waals surface area contributed by atoms with Crippen LogP contribution in [0, 0.1) is 5.82 Å². The Hall–Kier alpha value is -2.21. The third-order valence-electron chi connectivity index (χ3n) is 4.65. The van der Waals surface area contributed by atoms with Crippen molar-refractivity contribution in [1.29, 1.82) is 0 Å². The Kier molecular flexibility index (Phi) is 9.23. The van der Waals surface area contributed by atoms with Crippen LogP contribution < -0.4 is 10.6 Å². The van der Waals surface area contributed by atoms with Crippen molar-refractivity contribution in [3.63, 3.8) is 0 Å². The summed E-state index contributed by atoms with van der Waals surface area (Å²) in [5, 5.41) is 6.35. The summed E-state index contributed by atoms with van der Waals surface area (Å²) in [5.74, 6) is 0.0365. The minimum atomic E-state index is -3.21. The monoisotopic (exact) mass is 559 g/mol. The zero-order chi connectivity index (χ0) is 21.6. The van der Waals surface area contributed by atoms with Crippen LogP contribution in [0.15, 0.2) is 53.8 Å². The van der Waals surface area contributed by atoms with Crippen LogP contribution in [-0.4, -0.2) is 43.8 Å². The molecule has 0 fully saturated rings. The van der Waals surface area contributed by atoms with Crippen LogP contribution in [0.2, 0.25) is 0 Å². The maximum absolute atomic E-state index is 13.6. The number of benzene rings is 2. The SMILES string of the molecule is CN=C(NCCCn1cnc2ccccc21)NCc1cc(F)ccc1CS(C)(=O)=O.I. The van der Waals surface area contributed by atoms with E-state index < -0.39 is 15.7 Å². The Morgan fingerprint density at radius 3 is 2.68 bits per heavy atom. The molecule has 0 atom stereocenters. The lowest BCUT2D eigenvalue weighted by molar-refractivity contribution is 0.599. The van der Waals surface area contributed by atoms with Gasteiger partial charge < -0.3 is 15.2 Å². The molecule has 0 aliphatic heterocycles. The van der Waals surface area contributed by atoms with Gasteiger partial charge in [0.05, 0.1) is 23.1 Å². The van der Waals surface area contributed by atoms with Gasteiger partial charge in [-0.05, 0) is 41.8 Å². The molecule has 10 heteroatoms. The molecule has 0 radical (unpaired) electrons. The number of imidazole rings is 1. The van der Waals surface area contributed by atoms with Gasteiger partial charge in [0.2, 0.25) is 0 Å². The minimum Gasteiger partial charge on any atom is -0.356 e. The summed E-state index contributed by atoms with van der Waals surface area (Å²) >= 11 is 0. The third kappa shape index (κ3) is 7.46. The highest BCUT2D eigenvalue weighted by molar-refractivity contribution is 14.0. The van der Waals surface area contributed by atoms with Gasteiger partial charge in [0.25, 0.3) is 0 Å². The number of aromatic nitrogens is 2. The highest BCUT2D eigenvalue weighted by Gasteiger charge is 2.11. The van der Waals surface area contributed by atoms with Gasteiger partial charge in [-0.25, -0.2) is 17.8 Å². The van der Waals surface area contributed by atoms with E-state index in [4.69, 9.17) is 0 Å². The first-order chi connectivity index (χ1) is 14.4. The Balaban J connectivity index is 0.00000341. The molecule has 3 aromatic rings. The van der Waals surface area contributed by atoms with Crippen molar-refractivity contribution in [1.82, 2.24) is 20.2 Å². The van der Waals surface area contributed by atoms with Crippen LogP contribution in [0.5, 0.6) is 0 Å². The molecule has 3 rings (SSSR count). The molecule has 7 nitrogen and oxygen atoms in total. The van der Waals surface area contributed by atoms with Gasteiger partial charge in [-0.3, -0.25) is 4.99 Å². The van der Waals surface area contributed by atoms with Crippen LogP contribution in [-0.2, 0) is 28.7 Å². The number of hydrogen-bond acceptors (Lipinski definition) is 4. The van der Waals surface area contributed by atoms with Crippen molar-refractivity contribution in [2.75, 3.05) is 19.8 Å². The number of nitrogens with one attached hydrogen (secondary N) is 2. The molecule has 0 unspecified atom stereocenters. The Morgan fingerprint density at radius 1 is 1.16 bits per heavy atom. The number of halogens is 2. The fourth-order valence-electron chi connectivity index (χ4n) is 3.23. The first kappa shape index (κ1) is 25.1. The number of aryl methyl sites for hydroxylation is 1. The first-order valence-corrected chi connectivity index (χ1v) is 11.7. The van der Waals surface area contributed by atoms with E-state index in [9.17, 15) is 12.8 Å². The molecule has 0 saturated heterocycles. The van der Waals surface area contributed by atoms with Gasteiger partial charge in [0, 0.05) is 32.9 Å². The van der Waals surface area contributed by atoms with Crippen molar-refractivity contribution in [2.24, 2.45) is 4.99 Å².